The number of hydrogen-bond acceptors (Lipinski definition) is 3. The van der Waals surface area contributed by atoms with Crippen molar-refractivity contribution in [2.75, 3.05) is 44.7 Å². The fraction of sp³-hybridized carbons (Fsp3) is 0.350. The lowest BCUT2D eigenvalue weighted by molar-refractivity contribution is 0.370. The summed E-state index contributed by atoms with van der Waals surface area (Å²) in [6.07, 6.45) is 0.745. The van der Waals surface area contributed by atoms with Crippen molar-refractivity contribution in [2.24, 2.45) is 4.99 Å². The van der Waals surface area contributed by atoms with Crippen molar-refractivity contribution < 1.29 is 9.50 Å². The van der Waals surface area contributed by atoms with E-state index < -0.39 is 0 Å². The molecular weight excluding hydrogens is 331 g/mol. The number of halogens is 1. The average molecular weight is 356 g/mol. The maximum Gasteiger partial charge on any atom is 0.193 e. The number of nitrogens with one attached hydrogen (secondary N) is 1. The molecule has 6 heteroatoms. The summed E-state index contributed by atoms with van der Waals surface area (Å²) in [6.45, 7) is 4.00. The minimum absolute atomic E-state index is 0.202. The van der Waals surface area contributed by atoms with E-state index in [1.54, 1.807) is 25.2 Å². The molecule has 0 aliphatic carbocycles. The number of nitrogens with zero attached hydrogens (tertiary/aromatic N) is 3. The van der Waals surface area contributed by atoms with Gasteiger partial charge in [-0.15, -0.1) is 0 Å². The van der Waals surface area contributed by atoms with Gasteiger partial charge < -0.3 is 20.2 Å². The molecule has 5 nitrogen and oxygen atoms in total. The van der Waals surface area contributed by atoms with Crippen LogP contribution in [0.25, 0.3) is 0 Å². The second-order valence-corrected chi connectivity index (χ2v) is 6.32. The van der Waals surface area contributed by atoms with E-state index in [0.717, 1.165) is 49.8 Å². The number of rotatable bonds is 4. The van der Waals surface area contributed by atoms with E-state index in [9.17, 15) is 9.50 Å². The Hall–Kier alpha value is -2.76. The number of para-hydroxylation sites is 2. The molecule has 3 rings (SSSR count). The summed E-state index contributed by atoms with van der Waals surface area (Å²) in [4.78, 5) is 8.76. The number of piperazine rings is 1. The molecule has 2 N–H and O–H groups in total. The average Bonchev–Trinajstić information content (AvgIpc) is 2.66. The fourth-order valence-electron chi connectivity index (χ4n) is 3.23. The summed E-state index contributed by atoms with van der Waals surface area (Å²) >= 11 is 0. The first-order valence-electron chi connectivity index (χ1n) is 8.90. The van der Waals surface area contributed by atoms with E-state index in [-0.39, 0.29) is 5.82 Å². The highest BCUT2D eigenvalue weighted by molar-refractivity contribution is 5.80. The highest BCUT2D eigenvalue weighted by atomic mass is 19.1. The summed E-state index contributed by atoms with van der Waals surface area (Å²) < 4.78 is 13.2. The van der Waals surface area contributed by atoms with Gasteiger partial charge >= 0.3 is 0 Å². The summed E-state index contributed by atoms with van der Waals surface area (Å²) in [6, 6.07) is 14.1. The highest BCUT2D eigenvalue weighted by Crippen LogP contribution is 2.27. The van der Waals surface area contributed by atoms with Crippen molar-refractivity contribution in [1.29, 1.82) is 0 Å². The number of benzene rings is 2. The molecular formula is C20H25FN4O. The van der Waals surface area contributed by atoms with Crippen LogP contribution in [-0.2, 0) is 6.42 Å². The number of phenolic OH excluding ortho intramolecular Hbond substituents is 1. The molecule has 0 spiro atoms. The largest absolute Gasteiger partial charge is 0.506 e. The smallest absolute Gasteiger partial charge is 0.193 e. The number of hydrogen-bond donors (Lipinski definition) is 2. The molecule has 138 valence electrons. The lowest BCUT2D eigenvalue weighted by Crippen LogP contribution is -2.52. The highest BCUT2D eigenvalue weighted by Gasteiger charge is 2.21. The summed E-state index contributed by atoms with van der Waals surface area (Å²) in [5.41, 5.74) is 1.85. The van der Waals surface area contributed by atoms with Gasteiger partial charge in [0.25, 0.3) is 0 Å². The molecule has 1 fully saturated rings. The monoisotopic (exact) mass is 356 g/mol. The maximum atomic E-state index is 13.2. The van der Waals surface area contributed by atoms with Crippen LogP contribution in [0.1, 0.15) is 5.56 Å². The van der Waals surface area contributed by atoms with Crippen molar-refractivity contribution >= 4 is 11.6 Å². The van der Waals surface area contributed by atoms with E-state index in [1.807, 2.05) is 24.3 Å². The van der Waals surface area contributed by atoms with E-state index in [2.05, 4.69) is 20.1 Å². The molecule has 0 atom stereocenters. The second kappa shape index (κ2) is 8.56. The SMILES string of the molecule is CN=C(NCCc1cccc(F)c1)N1CCN(c2ccccc2O)CC1. The third-order valence-electron chi connectivity index (χ3n) is 4.60. The molecule has 0 aromatic heterocycles. The first-order valence-corrected chi connectivity index (χ1v) is 8.90. The molecule has 0 bridgehead atoms. The van der Waals surface area contributed by atoms with Gasteiger partial charge in [0.05, 0.1) is 5.69 Å². The van der Waals surface area contributed by atoms with Crippen LogP contribution in [-0.4, -0.2) is 55.7 Å². The first kappa shape index (κ1) is 18.0. The Morgan fingerprint density at radius 2 is 1.88 bits per heavy atom. The number of phenols is 1. The van der Waals surface area contributed by atoms with Gasteiger partial charge in [0, 0.05) is 39.8 Å². The van der Waals surface area contributed by atoms with E-state index >= 15 is 0 Å². The van der Waals surface area contributed by atoms with Gasteiger partial charge in [-0.05, 0) is 36.2 Å². The quantitative estimate of drug-likeness (QED) is 0.653. The lowest BCUT2D eigenvalue weighted by Gasteiger charge is -2.37. The zero-order valence-electron chi connectivity index (χ0n) is 15.0. The van der Waals surface area contributed by atoms with Crippen molar-refractivity contribution in [1.82, 2.24) is 10.2 Å². The van der Waals surface area contributed by atoms with Gasteiger partial charge in [0.15, 0.2) is 5.96 Å². The second-order valence-electron chi connectivity index (χ2n) is 6.32. The maximum absolute atomic E-state index is 13.2. The van der Waals surface area contributed by atoms with Gasteiger partial charge in [-0.25, -0.2) is 4.39 Å². The fourth-order valence-corrected chi connectivity index (χ4v) is 3.23. The molecule has 0 radical (unpaired) electrons. The van der Waals surface area contributed by atoms with E-state index in [1.165, 1.54) is 6.07 Å². The Morgan fingerprint density at radius 3 is 2.58 bits per heavy atom. The zero-order chi connectivity index (χ0) is 18.4. The summed E-state index contributed by atoms with van der Waals surface area (Å²) in [7, 11) is 1.78. The van der Waals surface area contributed by atoms with Crippen molar-refractivity contribution in [3.63, 3.8) is 0 Å². The van der Waals surface area contributed by atoms with Crippen LogP contribution in [0.15, 0.2) is 53.5 Å². The van der Waals surface area contributed by atoms with Gasteiger partial charge in [0.1, 0.15) is 11.6 Å². The van der Waals surface area contributed by atoms with Gasteiger partial charge in [-0.1, -0.05) is 24.3 Å². The summed E-state index contributed by atoms with van der Waals surface area (Å²) in [5, 5.41) is 13.4. The van der Waals surface area contributed by atoms with Crippen LogP contribution in [0.3, 0.4) is 0 Å². The topological polar surface area (TPSA) is 51.1 Å². The van der Waals surface area contributed by atoms with E-state index in [0.29, 0.717) is 12.3 Å². The van der Waals surface area contributed by atoms with Crippen LogP contribution in [0.2, 0.25) is 0 Å². The molecule has 2 aromatic carbocycles. The lowest BCUT2D eigenvalue weighted by atomic mass is 10.1. The third kappa shape index (κ3) is 4.45. The molecule has 1 heterocycles. The van der Waals surface area contributed by atoms with Gasteiger partial charge in [-0.3, -0.25) is 4.99 Å². The predicted molar refractivity (Wildman–Crippen MR) is 103 cm³/mol. The van der Waals surface area contributed by atoms with E-state index in [4.69, 9.17) is 0 Å². The number of anilines is 1. The Balaban J connectivity index is 1.50. The van der Waals surface area contributed by atoms with Crippen LogP contribution >= 0.6 is 0 Å². The van der Waals surface area contributed by atoms with Crippen LogP contribution < -0.4 is 10.2 Å². The number of guanidine groups is 1. The summed E-state index contributed by atoms with van der Waals surface area (Å²) in [5.74, 6) is 0.976. The molecule has 26 heavy (non-hydrogen) atoms. The minimum atomic E-state index is -0.202. The molecule has 1 aliphatic heterocycles. The molecule has 0 unspecified atom stereocenters. The van der Waals surface area contributed by atoms with Gasteiger partial charge in [-0.2, -0.15) is 0 Å². The zero-order valence-corrected chi connectivity index (χ0v) is 15.0. The third-order valence-corrected chi connectivity index (χ3v) is 4.60. The molecule has 1 aliphatic rings. The van der Waals surface area contributed by atoms with Crippen molar-refractivity contribution in [2.45, 2.75) is 6.42 Å². The predicted octanol–water partition coefficient (Wildman–Crippen LogP) is 2.47. The molecule has 0 saturated carbocycles. The van der Waals surface area contributed by atoms with Crippen LogP contribution in [0, 0.1) is 5.82 Å². The number of aliphatic imine (C=N–C) groups is 1. The van der Waals surface area contributed by atoms with Crippen molar-refractivity contribution in [3.05, 3.63) is 59.9 Å². The van der Waals surface area contributed by atoms with Crippen LogP contribution in [0.5, 0.6) is 5.75 Å². The minimum Gasteiger partial charge on any atom is -0.506 e. The molecule has 0 amide bonds. The first-order chi connectivity index (χ1) is 12.7. The number of aromatic hydroxyl groups is 1. The normalized spacial score (nSPS) is 15.2. The molecule has 1 saturated heterocycles. The van der Waals surface area contributed by atoms with Gasteiger partial charge in [0.2, 0.25) is 0 Å². The Morgan fingerprint density at radius 1 is 1.12 bits per heavy atom. The standard InChI is InChI=1S/C20H25FN4O/c1-22-20(23-10-9-16-5-4-6-17(21)15-16)25-13-11-24(12-14-25)18-7-2-3-8-19(18)26/h2-8,15,26H,9-14H2,1H3,(H,22,23). The van der Waals surface area contributed by atoms with Crippen LogP contribution in [0.4, 0.5) is 10.1 Å². The Kier molecular flexibility index (Phi) is 5.94. The molecule has 2 aromatic rings. The Bertz CT molecular complexity index is 757. The van der Waals surface area contributed by atoms with Crippen molar-refractivity contribution in [3.8, 4) is 5.75 Å². The Labute approximate surface area is 153 Å².